The predicted molar refractivity (Wildman–Crippen MR) is 88.0 cm³/mol. The Morgan fingerprint density at radius 1 is 0.955 bits per heavy atom. The molecule has 0 radical (unpaired) electrons. The van der Waals surface area contributed by atoms with Gasteiger partial charge < -0.3 is 0 Å². The van der Waals surface area contributed by atoms with Gasteiger partial charge in [-0.1, -0.05) is 53.5 Å². The van der Waals surface area contributed by atoms with Crippen molar-refractivity contribution in [2.75, 3.05) is 4.90 Å². The summed E-state index contributed by atoms with van der Waals surface area (Å²) in [6.07, 6.45) is 1.80. The Labute approximate surface area is 137 Å². The van der Waals surface area contributed by atoms with Crippen molar-refractivity contribution in [2.45, 2.75) is 6.42 Å². The van der Waals surface area contributed by atoms with Gasteiger partial charge in [0.15, 0.2) is 0 Å². The van der Waals surface area contributed by atoms with Crippen LogP contribution in [0.4, 0.5) is 5.69 Å². The molecule has 0 aliphatic carbocycles. The maximum absolute atomic E-state index is 12.5. The normalized spacial score (nSPS) is 16.6. The number of carbonyl (C=O) groups excluding carboxylic acids is 2. The van der Waals surface area contributed by atoms with E-state index >= 15 is 0 Å². The second kappa shape index (κ2) is 5.95. The molecule has 22 heavy (non-hydrogen) atoms. The highest BCUT2D eigenvalue weighted by atomic mass is 35.5. The van der Waals surface area contributed by atoms with Gasteiger partial charge in [0.1, 0.15) is 0 Å². The van der Waals surface area contributed by atoms with Crippen LogP contribution < -0.4 is 4.90 Å². The molecule has 2 amide bonds. The van der Waals surface area contributed by atoms with Crippen LogP contribution in [0.2, 0.25) is 10.0 Å². The van der Waals surface area contributed by atoms with Gasteiger partial charge in [-0.05, 0) is 29.8 Å². The molecule has 1 saturated heterocycles. The van der Waals surface area contributed by atoms with E-state index in [1.54, 1.807) is 24.3 Å². The molecular formula is C17H11Cl2NO2. The van der Waals surface area contributed by atoms with Crippen LogP contribution >= 0.6 is 23.2 Å². The monoisotopic (exact) mass is 331 g/mol. The molecule has 0 spiro atoms. The summed E-state index contributed by atoms with van der Waals surface area (Å²) in [6, 6.07) is 14.1. The number of halogens is 2. The highest BCUT2D eigenvalue weighted by Gasteiger charge is 2.35. The number of amides is 2. The summed E-state index contributed by atoms with van der Waals surface area (Å²) in [5, 5.41) is 0.757. The fourth-order valence-corrected chi connectivity index (χ4v) is 2.88. The van der Waals surface area contributed by atoms with Gasteiger partial charge in [0, 0.05) is 15.6 Å². The molecule has 1 aliphatic rings. The van der Waals surface area contributed by atoms with Crippen molar-refractivity contribution in [2.24, 2.45) is 0 Å². The number of anilines is 1. The highest BCUT2D eigenvalue weighted by molar-refractivity contribution is 6.36. The van der Waals surface area contributed by atoms with E-state index in [9.17, 15) is 9.59 Å². The lowest BCUT2D eigenvalue weighted by molar-refractivity contribution is -0.120. The van der Waals surface area contributed by atoms with E-state index in [1.165, 1.54) is 0 Å². The zero-order valence-electron chi connectivity index (χ0n) is 11.4. The number of rotatable bonds is 2. The van der Waals surface area contributed by atoms with Gasteiger partial charge in [0.05, 0.1) is 12.1 Å². The van der Waals surface area contributed by atoms with Crippen molar-refractivity contribution in [3.8, 4) is 0 Å². The topological polar surface area (TPSA) is 37.4 Å². The van der Waals surface area contributed by atoms with E-state index in [-0.39, 0.29) is 18.2 Å². The molecule has 110 valence electrons. The van der Waals surface area contributed by atoms with Crippen LogP contribution in [0, 0.1) is 0 Å². The van der Waals surface area contributed by atoms with E-state index in [4.69, 9.17) is 23.2 Å². The number of imide groups is 1. The second-order valence-electron chi connectivity index (χ2n) is 4.92. The Bertz CT molecular complexity index is 764. The van der Waals surface area contributed by atoms with Gasteiger partial charge >= 0.3 is 0 Å². The standard InChI is InChI=1S/C17H11Cl2NO2/c18-13-8-14(19)10-15(9-13)20-16(21)7-12(17(20)22)6-11-4-2-1-3-5-11/h1-6,8-10H,7H2. The molecular weight excluding hydrogens is 321 g/mol. The van der Waals surface area contributed by atoms with E-state index in [1.807, 2.05) is 30.3 Å². The lowest BCUT2D eigenvalue weighted by Crippen LogP contribution is -2.28. The predicted octanol–water partition coefficient (Wildman–Crippen LogP) is 4.34. The number of hydrogen-bond acceptors (Lipinski definition) is 2. The van der Waals surface area contributed by atoms with Crippen molar-refractivity contribution in [1.29, 1.82) is 0 Å². The number of hydrogen-bond donors (Lipinski definition) is 0. The zero-order chi connectivity index (χ0) is 15.7. The molecule has 1 fully saturated rings. The van der Waals surface area contributed by atoms with Crippen LogP contribution in [-0.4, -0.2) is 11.8 Å². The molecule has 0 aromatic heterocycles. The summed E-state index contributed by atoms with van der Waals surface area (Å²) < 4.78 is 0. The second-order valence-corrected chi connectivity index (χ2v) is 5.79. The van der Waals surface area contributed by atoms with Crippen LogP contribution in [-0.2, 0) is 9.59 Å². The molecule has 2 aromatic carbocycles. The van der Waals surface area contributed by atoms with Gasteiger partial charge in [-0.3, -0.25) is 9.59 Å². The minimum absolute atomic E-state index is 0.0673. The molecule has 3 rings (SSSR count). The van der Waals surface area contributed by atoms with E-state index in [0.717, 1.165) is 10.5 Å². The fraction of sp³-hybridized carbons (Fsp3) is 0.0588. The van der Waals surface area contributed by atoms with Crippen molar-refractivity contribution >= 4 is 46.8 Å². The number of benzene rings is 2. The minimum atomic E-state index is -0.341. The molecule has 3 nitrogen and oxygen atoms in total. The summed E-state index contributed by atoms with van der Waals surface area (Å²) in [7, 11) is 0. The molecule has 0 saturated carbocycles. The van der Waals surface area contributed by atoms with Crippen molar-refractivity contribution in [1.82, 2.24) is 0 Å². The molecule has 0 bridgehead atoms. The first-order valence-corrected chi connectivity index (χ1v) is 7.39. The molecule has 5 heteroatoms. The van der Waals surface area contributed by atoms with Crippen LogP contribution in [0.1, 0.15) is 12.0 Å². The summed E-state index contributed by atoms with van der Waals surface area (Å²) >= 11 is 11.9. The molecule has 0 unspecified atom stereocenters. The average Bonchev–Trinajstić information content (AvgIpc) is 2.73. The third-order valence-electron chi connectivity index (χ3n) is 3.31. The maximum atomic E-state index is 12.5. The van der Waals surface area contributed by atoms with Crippen LogP contribution in [0.5, 0.6) is 0 Å². The number of carbonyl (C=O) groups is 2. The first-order valence-electron chi connectivity index (χ1n) is 6.63. The minimum Gasteiger partial charge on any atom is -0.274 e. The van der Waals surface area contributed by atoms with Crippen LogP contribution in [0.15, 0.2) is 54.1 Å². The van der Waals surface area contributed by atoms with Crippen molar-refractivity contribution < 1.29 is 9.59 Å². The summed E-state index contributed by atoms with van der Waals surface area (Å²) in [6.45, 7) is 0. The summed E-state index contributed by atoms with van der Waals surface area (Å²) in [5.74, 6) is -0.627. The van der Waals surface area contributed by atoms with Gasteiger partial charge in [-0.2, -0.15) is 0 Å². The Hall–Kier alpha value is -2.10. The van der Waals surface area contributed by atoms with E-state index in [0.29, 0.717) is 21.3 Å². The van der Waals surface area contributed by atoms with E-state index < -0.39 is 0 Å². The summed E-state index contributed by atoms with van der Waals surface area (Å²) in [5.41, 5.74) is 1.72. The Kier molecular flexibility index (Phi) is 4.01. The Morgan fingerprint density at radius 3 is 2.23 bits per heavy atom. The molecule has 1 aliphatic heterocycles. The molecule has 0 atom stereocenters. The first-order chi connectivity index (χ1) is 10.5. The molecule has 1 heterocycles. The van der Waals surface area contributed by atoms with Gasteiger partial charge in [-0.25, -0.2) is 4.90 Å². The Morgan fingerprint density at radius 2 is 1.59 bits per heavy atom. The zero-order valence-corrected chi connectivity index (χ0v) is 12.9. The molecule has 2 aromatic rings. The largest absolute Gasteiger partial charge is 0.274 e. The van der Waals surface area contributed by atoms with Crippen molar-refractivity contribution in [3.05, 3.63) is 69.7 Å². The first kappa shape index (κ1) is 14.8. The fourth-order valence-electron chi connectivity index (χ4n) is 2.37. The Balaban J connectivity index is 1.97. The maximum Gasteiger partial charge on any atom is 0.261 e. The van der Waals surface area contributed by atoms with Crippen LogP contribution in [0.25, 0.3) is 6.08 Å². The summed E-state index contributed by atoms with van der Waals surface area (Å²) in [4.78, 5) is 25.8. The van der Waals surface area contributed by atoms with Crippen molar-refractivity contribution in [3.63, 3.8) is 0 Å². The van der Waals surface area contributed by atoms with Gasteiger partial charge in [-0.15, -0.1) is 0 Å². The highest BCUT2D eigenvalue weighted by Crippen LogP contribution is 2.31. The third-order valence-corrected chi connectivity index (χ3v) is 3.75. The van der Waals surface area contributed by atoms with Crippen LogP contribution in [0.3, 0.4) is 0 Å². The quantitative estimate of drug-likeness (QED) is 0.606. The SMILES string of the molecule is O=C1CC(=Cc2ccccc2)C(=O)N1c1cc(Cl)cc(Cl)c1. The van der Waals surface area contributed by atoms with Gasteiger partial charge in [0.2, 0.25) is 5.91 Å². The van der Waals surface area contributed by atoms with Gasteiger partial charge in [0.25, 0.3) is 5.91 Å². The number of nitrogens with zero attached hydrogens (tertiary/aromatic N) is 1. The lowest BCUT2D eigenvalue weighted by Gasteiger charge is -2.14. The smallest absolute Gasteiger partial charge is 0.261 e. The average molecular weight is 332 g/mol. The molecule has 0 N–H and O–H groups in total. The lowest BCUT2D eigenvalue weighted by atomic mass is 10.1. The van der Waals surface area contributed by atoms with E-state index in [2.05, 4.69) is 0 Å². The third kappa shape index (κ3) is 2.91.